The quantitative estimate of drug-likeness (QED) is 0.612. The smallest absolute Gasteiger partial charge is 0.465 e. The van der Waals surface area contributed by atoms with Crippen LogP contribution in [0.5, 0.6) is 0 Å². The van der Waals surface area contributed by atoms with Gasteiger partial charge < -0.3 is 14.0 Å². The monoisotopic (exact) mass is 342 g/mol. The molecule has 1 aliphatic rings. The molecular weight excluding hydrogens is 315 g/mol. The fraction of sp³-hybridized carbons (Fsp3) is 0.450. The molecule has 1 heterocycles. The molecule has 0 spiro atoms. The van der Waals surface area contributed by atoms with Crippen molar-refractivity contribution in [2.24, 2.45) is 0 Å². The van der Waals surface area contributed by atoms with Crippen LogP contribution in [0.3, 0.4) is 0 Å². The molecule has 0 bridgehead atoms. The van der Waals surface area contributed by atoms with E-state index in [1.807, 2.05) is 71.9 Å². The fourth-order valence-electron chi connectivity index (χ4n) is 2.64. The van der Waals surface area contributed by atoms with Crippen molar-refractivity contribution in [3.8, 4) is 0 Å². The molecule has 0 saturated carbocycles. The van der Waals surface area contributed by atoms with Gasteiger partial charge in [-0.25, -0.2) is 4.79 Å². The number of methoxy groups -OCH3 is 1. The van der Waals surface area contributed by atoms with Crippen molar-refractivity contribution >= 4 is 29.3 Å². The normalized spacial score (nSPS) is 17.8. The zero-order valence-electron chi connectivity index (χ0n) is 16.2. The summed E-state index contributed by atoms with van der Waals surface area (Å²) >= 11 is 0. The van der Waals surface area contributed by atoms with Gasteiger partial charge in [-0.3, -0.25) is 0 Å². The standard InChI is InChI=1S/C18H21BO4.C2H6/c1-17(2)18(3,4)23-19(22-17)15-9-8-12-6-7-13(16(20)21-5)10-14(12)11-15;1-2/h6-11H,1-5H3;1-2H3. The van der Waals surface area contributed by atoms with Gasteiger partial charge in [0, 0.05) is 0 Å². The van der Waals surface area contributed by atoms with E-state index in [0.717, 1.165) is 16.2 Å². The summed E-state index contributed by atoms with van der Waals surface area (Å²) in [5, 5.41) is 2.01. The Labute approximate surface area is 150 Å². The Balaban J connectivity index is 0.00000109. The zero-order valence-corrected chi connectivity index (χ0v) is 16.2. The summed E-state index contributed by atoms with van der Waals surface area (Å²) in [7, 11) is 0.971. The van der Waals surface area contributed by atoms with E-state index >= 15 is 0 Å². The van der Waals surface area contributed by atoms with E-state index in [1.165, 1.54) is 7.11 Å². The Morgan fingerprint density at radius 2 is 1.48 bits per heavy atom. The van der Waals surface area contributed by atoms with Crippen molar-refractivity contribution in [3.05, 3.63) is 42.0 Å². The first-order valence-corrected chi connectivity index (χ1v) is 8.71. The lowest BCUT2D eigenvalue weighted by atomic mass is 9.78. The van der Waals surface area contributed by atoms with Crippen molar-refractivity contribution in [2.75, 3.05) is 7.11 Å². The Hall–Kier alpha value is -1.85. The Morgan fingerprint density at radius 1 is 0.920 bits per heavy atom. The van der Waals surface area contributed by atoms with E-state index in [2.05, 4.69) is 0 Å². The molecule has 134 valence electrons. The highest BCUT2D eigenvalue weighted by Gasteiger charge is 2.51. The molecule has 1 aliphatic heterocycles. The molecule has 0 atom stereocenters. The van der Waals surface area contributed by atoms with Gasteiger partial charge in [0.1, 0.15) is 0 Å². The molecule has 0 unspecified atom stereocenters. The number of hydrogen-bond donors (Lipinski definition) is 0. The van der Waals surface area contributed by atoms with Crippen LogP contribution in [-0.4, -0.2) is 31.4 Å². The number of carbonyl (C=O) groups is 1. The SMILES string of the molecule is CC.COC(=O)c1ccc2ccc(B3OC(C)(C)C(C)(C)O3)cc2c1. The van der Waals surface area contributed by atoms with Crippen LogP contribution in [0.2, 0.25) is 0 Å². The lowest BCUT2D eigenvalue weighted by Crippen LogP contribution is -2.41. The summed E-state index contributed by atoms with van der Waals surface area (Å²) in [6.45, 7) is 12.1. The number of benzene rings is 2. The Morgan fingerprint density at radius 3 is 2.04 bits per heavy atom. The van der Waals surface area contributed by atoms with Gasteiger partial charge in [-0.2, -0.15) is 0 Å². The third-order valence-electron chi connectivity index (χ3n) is 4.81. The molecule has 0 aromatic heterocycles. The van der Waals surface area contributed by atoms with Gasteiger partial charge in [-0.1, -0.05) is 38.1 Å². The average Bonchev–Trinajstić information content (AvgIpc) is 2.82. The van der Waals surface area contributed by atoms with Crippen molar-refractivity contribution in [1.29, 1.82) is 0 Å². The number of carbonyl (C=O) groups excluding carboxylic acids is 1. The molecular formula is C20H27BO4. The predicted octanol–water partition coefficient (Wildman–Crippen LogP) is 3.95. The molecule has 2 aromatic carbocycles. The second-order valence-corrected chi connectivity index (χ2v) is 6.90. The summed E-state index contributed by atoms with van der Waals surface area (Å²) in [5.74, 6) is -0.340. The minimum absolute atomic E-state index is 0.340. The molecule has 25 heavy (non-hydrogen) atoms. The van der Waals surface area contributed by atoms with Crippen LogP contribution < -0.4 is 5.46 Å². The van der Waals surface area contributed by atoms with Crippen LogP contribution in [0.25, 0.3) is 10.8 Å². The largest absolute Gasteiger partial charge is 0.494 e. The van der Waals surface area contributed by atoms with E-state index in [0.29, 0.717) is 5.56 Å². The number of fused-ring (bicyclic) bond motifs is 1. The molecule has 0 amide bonds. The molecule has 0 radical (unpaired) electrons. The van der Waals surface area contributed by atoms with Crippen molar-refractivity contribution in [2.45, 2.75) is 52.7 Å². The summed E-state index contributed by atoms with van der Waals surface area (Å²) in [4.78, 5) is 11.7. The predicted molar refractivity (Wildman–Crippen MR) is 102 cm³/mol. The van der Waals surface area contributed by atoms with Gasteiger partial charge in [0.15, 0.2) is 0 Å². The first-order chi connectivity index (χ1) is 11.7. The Kier molecular flexibility index (Phi) is 5.60. The average molecular weight is 342 g/mol. The van der Waals surface area contributed by atoms with E-state index in [9.17, 15) is 4.79 Å². The highest BCUT2D eigenvalue weighted by atomic mass is 16.7. The molecule has 3 rings (SSSR count). The molecule has 1 saturated heterocycles. The third-order valence-corrected chi connectivity index (χ3v) is 4.81. The van der Waals surface area contributed by atoms with Crippen molar-refractivity contribution in [3.63, 3.8) is 0 Å². The third kappa shape index (κ3) is 3.72. The number of esters is 1. The fourth-order valence-corrected chi connectivity index (χ4v) is 2.64. The minimum Gasteiger partial charge on any atom is -0.465 e. The van der Waals surface area contributed by atoms with E-state index in [4.69, 9.17) is 14.0 Å². The molecule has 0 N–H and O–H groups in total. The summed E-state index contributed by atoms with van der Waals surface area (Å²) in [5.41, 5.74) is 0.727. The van der Waals surface area contributed by atoms with Gasteiger partial charge in [0.05, 0.1) is 23.9 Å². The van der Waals surface area contributed by atoms with Crippen molar-refractivity contribution < 1.29 is 18.8 Å². The maximum absolute atomic E-state index is 11.7. The summed E-state index contributed by atoms with van der Waals surface area (Å²) < 4.78 is 16.9. The Bertz CT molecular complexity index is 751. The second-order valence-electron chi connectivity index (χ2n) is 6.90. The van der Waals surface area contributed by atoms with Gasteiger partial charge in [-0.05, 0) is 56.1 Å². The number of hydrogen-bond acceptors (Lipinski definition) is 4. The minimum atomic E-state index is -0.411. The first kappa shape index (κ1) is 19.5. The van der Waals surface area contributed by atoms with Crippen LogP contribution in [0.1, 0.15) is 51.9 Å². The maximum atomic E-state index is 11.7. The number of rotatable bonds is 2. The van der Waals surface area contributed by atoms with Crippen LogP contribution in [0, 0.1) is 0 Å². The van der Waals surface area contributed by atoms with E-state index in [-0.39, 0.29) is 17.2 Å². The summed E-state index contributed by atoms with van der Waals surface area (Å²) in [6, 6.07) is 11.5. The molecule has 5 heteroatoms. The molecule has 1 fully saturated rings. The van der Waals surface area contributed by atoms with Crippen LogP contribution in [0.15, 0.2) is 36.4 Å². The second kappa shape index (κ2) is 7.18. The summed E-state index contributed by atoms with van der Waals surface area (Å²) in [6.07, 6.45) is 0. The van der Waals surface area contributed by atoms with Gasteiger partial charge in [0.2, 0.25) is 0 Å². The highest BCUT2D eigenvalue weighted by molar-refractivity contribution is 6.62. The number of ether oxygens (including phenoxy) is 1. The zero-order chi connectivity index (χ0) is 18.8. The van der Waals surface area contributed by atoms with E-state index in [1.54, 1.807) is 6.07 Å². The lowest BCUT2D eigenvalue weighted by Gasteiger charge is -2.32. The topological polar surface area (TPSA) is 44.8 Å². The lowest BCUT2D eigenvalue weighted by molar-refractivity contribution is 0.00578. The molecule has 4 nitrogen and oxygen atoms in total. The first-order valence-electron chi connectivity index (χ1n) is 8.71. The maximum Gasteiger partial charge on any atom is 0.494 e. The van der Waals surface area contributed by atoms with Crippen LogP contribution in [0.4, 0.5) is 0 Å². The van der Waals surface area contributed by atoms with Crippen LogP contribution >= 0.6 is 0 Å². The van der Waals surface area contributed by atoms with Gasteiger partial charge >= 0.3 is 13.1 Å². The van der Waals surface area contributed by atoms with Gasteiger partial charge in [0.25, 0.3) is 0 Å². The molecule has 2 aromatic rings. The van der Waals surface area contributed by atoms with Crippen LogP contribution in [-0.2, 0) is 14.0 Å². The van der Waals surface area contributed by atoms with Crippen molar-refractivity contribution in [1.82, 2.24) is 0 Å². The molecule has 0 aliphatic carbocycles. The highest BCUT2D eigenvalue weighted by Crippen LogP contribution is 2.36. The van der Waals surface area contributed by atoms with Gasteiger partial charge in [-0.15, -0.1) is 0 Å². The van der Waals surface area contributed by atoms with E-state index < -0.39 is 7.12 Å².